The minimum Gasteiger partial charge on any atom is -0.382 e. The Balaban J connectivity index is 0.00000338. The number of nitrogens with zero attached hydrogens (tertiary/aromatic N) is 2. The minimum atomic E-state index is 0. The van der Waals surface area contributed by atoms with Crippen molar-refractivity contribution in [3.63, 3.8) is 0 Å². The Labute approximate surface area is 174 Å². The Kier molecular flexibility index (Phi) is 11.8. The molecule has 1 saturated heterocycles. The van der Waals surface area contributed by atoms with Gasteiger partial charge >= 0.3 is 0 Å². The van der Waals surface area contributed by atoms with Crippen LogP contribution in [0.3, 0.4) is 0 Å². The molecule has 1 unspecified atom stereocenters. The summed E-state index contributed by atoms with van der Waals surface area (Å²) in [4.78, 5) is 7.01. The largest absolute Gasteiger partial charge is 0.382 e. The van der Waals surface area contributed by atoms with Crippen molar-refractivity contribution in [3.05, 3.63) is 35.4 Å². The van der Waals surface area contributed by atoms with Gasteiger partial charge in [0.25, 0.3) is 0 Å². The van der Waals surface area contributed by atoms with Gasteiger partial charge in [0.1, 0.15) is 0 Å². The van der Waals surface area contributed by atoms with E-state index < -0.39 is 0 Å². The summed E-state index contributed by atoms with van der Waals surface area (Å²) in [6.07, 6.45) is 0.926. The van der Waals surface area contributed by atoms with Gasteiger partial charge in [0.2, 0.25) is 0 Å². The second-order valence-electron chi connectivity index (χ2n) is 6.28. The monoisotopic (exact) mass is 476 g/mol. The fourth-order valence-corrected chi connectivity index (χ4v) is 2.89. The van der Waals surface area contributed by atoms with Crippen molar-refractivity contribution >= 4 is 29.9 Å². The van der Waals surface area contributed by atoms with E-state index in [1.165, 1.54) is 11.1 Å². The molecule has 0 radical (unpaired) electrons. The highest BCUT2D eigenvalue weighted by Gasteiger charge is 2.22. The Hall–Kier alpha value is -0.900. The standard InChI is InChI=1S/C19H32N4O2.HI/c1-3-24-12-4-9-21-19(20)22-15-18(23-10-13-25-14-11-23)17-7-5-16(2)6-8-17;/h5-8,18H,3-4,9-15H2,1-2H3,(H3,20,21,22);1H. The number of hydrogen-bond donors (Lipinski definition) is 2. The number of benzene rings is 1. The van der Waals surface area contributed by atoms with Crippen molar-refractivity contribution in [3.8, 4) is 0 Å². The van der Waals surface area contributed by atoms with Gasteiger partial charge in [-0.25, -0.2) is 0 Å². The summed E-state index contributed by atoms with van der Waals surface area (Å²) in [5.74, 6) is 0.502. The van der Waals surface area contributed by atoms with Gasteiger partial charge in [0.15, 0.2) is 5.96 Å². The van der Waals surface area contributed by atoms with E-state index in [4.69, 9.17) is 15.2 Å². The number of rotatable bonds is 9. The van der Waals surface area contributed by atoms with Gasteiger partial charge in [-0.3, -0.25) is 9.89 Å². The third kappa shape index (κ3) is 8.20. The lowest BCUT2D eigenvalue weighted by Crippen LogP contribution is -2.41. The molecule has 1 heterocycles. The molecule has 1 aliphatic heterocycles. The first-order valence-electron chi connectivity index (χ1n) is 9.20. The Bertz CT molecular complexity index is 519. The molecule has 1 aliphatic rings. The van der Waals surface area contributed by atoms with E-state index in [1.54, 1.807) is 0 Å². The molecule has 26 heavy (non-hydrogen) atoms. The average molecular weight is 476 g/mol. The Morgan fingerprint density at radius 3 is 2.65 bits per heavy atom. The minimum absolute atomic E-state index is 0. The number of ether oxygens (including phenoxy) is 2. The number of aliphatic imine (C=N–C) groups is 1. The zero-order chi connectivity index (χ0) is 17.9. The van der Waals surface area contributed by atoms with Gasteiger partial charge in [0, 0.05) is 32.8 Å². The summed E-state index contributed by atoms with van der Waals surface area (Å²) in [7, 11) is 0. The van der Waals surface area contributed by atoms with Crippen LogP contribution in [0.1, 0.15) is 30.5 Å². The topological polar surface area (TPSA) is 72.1 Å². The second-order valence-corrected chi connectivity index (χ2v) is 6.28. The van der Waals surface area contributed by atoms with Crippen molar-refractivity contribution in [2.45, 2.75) is 26.3 Å². The normalized spacial score (nSPS) is 16.8. The van der Waals surface area contributed by atoms with Crippen LogP contribution in [-0.2, 0) is 9.47 Å². The van der Waals surface area contributed by atoms with E-state index in [0.717, 1.165) is 52.5 Å². The van der Waals surface area contributed by atoms with E-state index in [2.05, 4.69) is 46.4 Å². The molecule has 1 atom stereocenters. The molecule has 1 fully saturated rings. The molecule has 0 spiro atoms. The second kappa shape index (κ2) is 13.3. The molecule has 148 valence electrons. The maximum atomic E-state index is 6.02. The van der Waals surface area contributed by atoms with Crippen LogP contribution in [0.5, 0.6) is 0 Å². The highest BCUT2D eigenvalue weighted by atomic mass is 127. The van der Waals surface area contributed by atoms with Crippen molar-refractivity contribution in [1.29, 1.82) is 0 Å². The smallest absolute Gasteiger partial charge is 0.188 e. The molecular formula is C19H33IN4O2. The first-order valence-corrected chi connectivity index (χ1v) is 9.20. The molecular weight excluding hydrogens is 443 g/mol. The van der Waals surface area contributed by atoms with E-state index >= 15 is 0 Å². The molecule has 6 nitrogen and oxygen atoms in total. The lowest BCUT2D eigenvalue weighted by Gasteiger charge is -2.34. The van der Waals surface area contributed by atoms with E-state index in [9.17, 15) is 0 Å². The predicted molar refractivity (Wildman–Crippen MR) is 117 cm³/mol. The van der Waals surface area contributed by atoms with Crippen LogP contribution in [0.2, 0.25) is 0 Å². The van der Waals surface area contributed by atoms with Gasteiger partial charge in [-0.05, 0) is 25.8 Å². The molecule has 2 rings (SSSR count). The maximum absolute atomic E-state index is 6.02. The summed E-state index contributed by atoms with van der Waals surface area (Å²) in [5.41, 5.74) is 8.57. The van der Waals surface area contributed by atoms with Crippen molar-refractivity contribution in [2.24, 2.45) is 10.7 Å². The van der Waals surface area contributed by atoms with Gasteiger partial charge in [-0.1, -0.05) is 29.8 Å². The summed E-state index contributed by atoms with van der Waals surface area (Å²) >= 11 is 0. The molecule has 0 saturated carbocycles. The SMILES string of the molecule is CCOCCCNC(N)=NCC(c1ccc(C)cc1)N1CCOCC1.I. The predicted octanol–water partition coefficient (Wildman–Crippen LogP) is 2.32. The third-order valence-electron chi connectivity index (χ3n) is 4.36. The van der Waals surface area contributed by atoms with E-state index in [1.807, 2.05) is 6.92 Å². The van der Waals surface area contributed by atoms with Crippen LogP contribution >= 0.6 is 24.0 Å². The summed E-state index contributed by atoms with van der Waals surface area (Å²) in [6, 6.07) is 8.92. The highest BCUT2D eigenvalue weighted by molar-refractivity contribution is 14.0. The molecule has 3 N–H and O–H groups in total. The first-order chi connectivity index (χ1) is 12.2. The molecule has 0 amide bonds. The van der Waals surface area contributed by atoms with Crippen LogP contribution in [0.4, 0.5) is 0 Å². The van der Waals surface area contributed by atoms with Crippen LogP contribution in [0.25, 0.3) is 0 Å². The zero-order valence-corrected chi connectivity index (χ0v) is 18.3. The number of morpholine rings is 1. The van der Waals surface area contributed by atoms with Gasteiger partial charge < -0.3 is 20.5 Å². The number of nitrogens with one attached hydrogen (secondary N) is 1. The van der Waals surface area contributed by atoms with Crippen molar-refractivity contribution in [1.82, 2.24) is 10.2 Å². The maximum Gasteiger partial charge on any atom is 0.188 e. The van der Waals surface area contributed by atoms with Crippen molar-refractivity contribution in [2.75, 3.05) is 52.6 Å². The van der Waals surface area contributed by atoms with Crippen LogP contribution in [-0.4, -0.2) is 63.5 Å². The Morgan fingerprint density at radius 2 is 2.00 bits per heavy atom. The van der Waals surface area contributed by atoms with Crippen LogP contribution < -0.4 is 11.1 Å². The average Bonchev–Trinajstić information content (AvgIpc) is 2.64. The lowest BCUT2D eigenvalue weighted by molar-refractivity contribution is 0.0180. The van der Waals surface area contributed by atoms with Gasteiger partial charge in [-0.15, -0.1) is 24.0 Å². The molecule has 1 aromatic rings. The number of nitrogens with two attached hydrogens (primary N) is 1. The molecule has 0 bridgehead atoms. The van der Waals surface area contributed by atoms with Crippen LogP contribution in [0, 0.1) is 6.92 Å². The quantitative estimate of drug-likeness (QED) is 0.248. The summed E-state index contributed by atoms with van der Waals surface area (Å²) in [6.45, 7) is 10.4. The van der Waals surface area contributed by atoms with Crippen LogP contribution in [0.15, 0.2) is 29.3 Å². The fourth-order valence-electron chi connectivity index (χ4n) is 2.89. The summed E-state index contributed by atoms with van der Waals surface area (Å²) in [5, 5.41) is 3.16. The lowest BCUT2D eigenvalue weighted by atomic mass is 10.0. The fraction of sp³-hybridized carbons (Fsp3) is 0.632. The third-order valence-corrected chi connectivity index (χ3v) is 4.36. The number of hydrogen-bond acceptors (Lipinski definition) is 4. The number of guanidine groups is 1. The molecule has 0 aromatic heterocycles. The molecule has 0 aliphatic carbocycles. The number of halogens is 1. The summed E-state index contributed by atoms with van der Waals surface area (Å²) < 4.78 is 10.8. The van der Waals surface area contributed by atoms with Gasteiger partial charge in [0.05, 0.1) is 25.8 Å². The Morgan fingerprint density at radius 1 is 1.31 bits per heavy atom. The first kappa shape index (κ1) is 23.1. The zero-order valence-electron chi connectivity index (χ0n) is 15.9. The molecule has 7 heteroatoms. The van der Waals surface area contributed by atoms with Crippen molar-refractivity contribution < 1.29 is 9.47 Å². The molecule has 1 aromatic carbocycles. The van der Waals surface area contributed by atoms with Gasteiger partial charge in [-0.2, -0.15) is 0 Å². The number of aryl methyl sites for hydroxylation is 1. The van der Waals surface area contributed by atoms with E-state index in [0.29, 0.717) is 12.5 Å². The van der Waals surface area contributed by atoms with E-state index in [-0.39, 0.29) is 30.0 Å². The highest BCUT2D eigenvalue weighted by Crippen LogP contribution is 2.22.